The van der Waals surface area contributed by atoms with E-state index in [2.05, 4.69) is 36.4 Å². The Bertz CT molecular complexity index is 581. The Morgan fingerprint density at radius 1 is 1.00 bits per heavy atom. The standard InChI is InChI=1S/C18H19NO/c1-14(20)19(13-15-7-3-2-4-8-15)18-11-16-9-5-6-10-17(16)12-18/h2-10,18H,11-13H2,1H3. The van der Waals surface area contributed by atoms with Gasteiger partial charge in [0.15, 0.2) is 0 Å². The number of benzene rings is 2. The number of hydrogen-bond acceptors (Lipinski definition) is 1. The fourth-order valence-electron chi connectivity index (χ4n) is 3.03. The van der Waals surface area contributed by atoms with Crippen molar-refractivity contribution in [1.29, 1.82) is 0 Å². The fourth-order valence-corrected chi connectivity index (χ4v) is 3.03. The smallest absolute Gasteiger partial charge is 0.220 e. The molecule has 0 heterocycles. The van der Waals surface area contributed by atoms with Crippen molar-refractivity contribution in [2.45, 2.75) is 32.4 Å². The fraction of sp³-hybridized carbons (Fsp3) is 0.278. The number of rotatable bonds is 3. The van der Waals surface area contributed by atoms with E-state index < -0.39 is 0 Å². The van der Waals surface area contributed by atoms with Crippen LogP contribution in [0.15, 0.2) is 54.6 Å². The van der Waals surface area contributed by atoms with Crippen LogP contribution >= 0.6 is 0 Å². The van der Waals surface area contributed by atoms with E-state index in [1.165, 1.54) is 16.7 Å². The van der Waals surface area contributed by atoms with Crippen LogP contribution in [0.4, 0.5) is 0 Å². The number of nitrogens with zero attached hydrogens (tertiary/aromatic N) is 1. The van der Waals surface area contributed by atoms with Gasteiger partial charge >= 0.3 is 0 Å². The van der Waals surface area contributed by atoms with Crippen LogP contribution in [0.2, 0.25) is 0 Å². The Hall–Kier alpha value is -2.09. The molecule has 3 rings (SSSR count). The number of amides is 1. The number of hydrogen-bond donors (Lipinski definition) is 0. The first kappa shape index (κ1) is 12.9. The summed E-state index contributed by atoms with van der Waals surface area (Å²) in [5.74, 6) is 0.159. The summed E-state index contributed by atoms with van der Waals surface area (Å²) < 4.78 is 0. The van der Waals surface area contributed by atoms with Crippen LogP contribution in [0.1, 0.15) is 23.6 Å². The summed E-state index contributed by atoms with van der Waals surface area (Å²) in [6.07, 6.45) is 1.95. The second-order valence-electron chi connectivity index (χ2n) is 5.46. The van der Waals surface area contributed by atoms with E-state index in [1.807, 2.05) is 23.1 Å². The zero-order chi connectivity index (χ0) is 13.9. The Labute approximate surface area is 120 Å². The van der Waals surface area contributed by atoms with Crippen LogP contribution < -0.4 is 0 Å². The molecule has 20 heavy (non-hydrogen) atoms. The van der Waals surface area contributed by atoms with Crippen molar-refractivity contribution in [3.63, 3.8) is 0 Å². The highest BCUT2D eigenvalue weighted by Gasteiger charge is 2.28. The molecule has 2 heteroatoms. The summed E-state index contributed by atoms with van der Waals surface area (Å²) in [7, 11) is 0. The minimum atomic E-state index is 0.159. The predicted molar refractivity (Wildman–Crippen MR) is 80.3 cm³/mol. The lowest BCUT2D eigenvalue weighted by Gasteiger charge is -2.28. The maximum Gasteiger partial charge on any atom is 0.220 e. The SMILES string of the molecule is CC(=O)N(Cc1ccccc1)C1Cc2ccccc2C1. The van der Waals surface area contributed by atoms with Gasteiger partial charge in [0.1, 0.15) is 0 Å². The summed E-state index contributed by atoms with van der Waals surface area (Å²) >= 11 is 0. The average Bonchev–Trinajstić information content (AvgIpc) is 2.89. The first-order valence-electron chi connectivity index (χ1n) is 7.12. The van der Waals surface area contributed by atoms with E-state index in [9.17, 15) is 4.79 Å². The molecule has 0 fully saturated rings. The van der Waals surface area contributed by atoms with Crippen molar-refractivity contribution in [3.05, 3.63) is 71.3 Å². The van der Waals surface area contributed by atoms with Crippen LogP contribution in [-0.2, 0) is 24.2 Å². The van der Waals surface area contributed by atoms with E-state index in [-0.39, 0.29) is 5.91 Å². The lowest BCUT2D eigenvalue weighted by molar-refractivity contribution is -0.131. The molecule has 0 atom stereocenters. The molecule has 0 unspecified atom stereocenters. The Balaban J connectivity index is 1.78. The van der Waals surface area contributed by atoms with Gasteiger partial charge in [-0.1, -0.05) is 54.6 Å². The highest BCUT2D eigenvalue weighted by molar-refractivity contribution is 5.74. The minimum absolute atomic E-state index is 0.159. The highest BCUT2D eigenvalue weighted by atomic mass is 16.2. The quantitative estimate of drug-likeness (QED) is 0.834. The maximum absolute atomic E-state index is 12.0. The van der Waals surface area contributed by atoms with Crippen LogP contribution in [0.25, 0.3) is 0 Å². The Morgan fingerprint density at radius 3 is 2.10 bits per heavy atom. The second-order valence-corrected chi connectivity index (χ2v) is 5.46. The predicted octanol–water partition coefficient (Wildman–Crippen LogP) is 3.20. The third-order valence-electron chi connectivity index (χ3n) is 4.07. The molecule has 0 N–H and O–H groups in total. The maximum atomic E-state index is 12.0. The summed E-state index contributed by atoms with van der Waals surface area (Å²) in [5.41, 5.74) is 3.97. The van der Waals surface area contributed by atoms with E-state index in [0.717, 1.165) is 12.8 Å². The minimum Gasteiger partial charge on any atom is -0.335 e. The van der Waals surface area contributed by atoms with E-state index in [4.69, 9.17) is 0 Å². The summed E-state index contributed by atoms with van der Waals surface area (Å²) in [6.45, 7) is 2.38. The third kappa shape index (κ3) is 2.60. The van der Waals surface area contributed by atoms with Crippen molar-refractivity contribution in [1.82, 2.24) is 4.90 Å². The van der Waals surface area contributed by atoms with Crippen molar-refractivity contribution in [2.24, 2.45) is 0 Å². The van der Waals surface area contributed by atoms with Crippen LogP contribution in [0.5, 0.6) is 0 Å². The number of carbonyl (C=O) groups is 1. The molecule has 0 aliphatic heterocycles. The molecular formula is C18H19NO. The molecule has 0 aromatic heterocycles. The Morgan fingerprint density at radius 2 is 1.55 bits per heavy atom. The zero-order valence-corrected chi connectivity index (χ0v) is 11.8. The van der Waals surface area contributed by atoms with Crippen molar-refractivity contribution < 1.29 is 4.79 Å². The molecule has 0 radical (unpaired) electrons. The molecule has 0 spiro atoms. The summed E-state index contributed by atoms with van der Waals surface area (Å²) in [5, 5.41) is 0. The zero-order valence-electron chi connectivity index (χ0n) is 11.8. The van der Waals surface area contributed by atoms with Crippen molar-refractivity contribution in [3.8, 4) is 0 Å². The number of fused-ring (bicyclic) bond motifs is 1. The molecule has 1 amide bonds. The van der Waals surface area contributed by atoms with E-state index >= 15 is 0 Å². The van der Waals surface area contributed by atoms with Gasteiger partial charge in [-0.15, -0.1) is 0 Å². The topological polar surface area (TPSA) is 20.3 Å². The molecule has 0 saturated heterocycles. The van der Waals surface area contributed by atoms with Crippen molar-refractivity contribution >= 4 is 5.91 Å². The van der Waals surface area contributed by atoms with Crippen molar-refractivity contribution in [2.75, 3.05) is 0 Å². The highest BCUT2D eigenvalue weighted by Crippen LogP contribution is 2.26. The first-order chi connectivity index (χ1) is 9.74. The third-order valence-corrected chi connectivity index (χ3v) is 4.07. The van der Waals surface area contributed by atoms with Gasteiger partial charge in [-0.25, -0.2) is 0 Å². The van der Waals surface area contributed by atoms with E-state index in [1.54, 1.807) is 6.92 Å². The average molecular weight is 265 g/mol. The summed E-state index contributed by atoms with van der Waals surface area (Å²) in [4.78, 5) is 14.0. The molecule has 2 nitrogen and oxygen atoms in total. The molecule has 1 aliphatic rings. The van der Waals surface area contributed by atoms with Gasteiger partial charge in [0, 0.05) is 19.5 Å². The molecule has 1 aliphatic carbocycles. The molecule has 102 valence electrons. The monoisotopic (exact) mass is 265 g/mol. The molecular weight excluding hydrogens is 246 g/mol. The first-order valence-corrected chi connectivity index (χ1v) is 7.12. The molecule has 2 aromatic carbocycles. The second kappa shape index (κ2) is 5.49. The van der Waals surface area contributed by atoms with Gasteiger partial charge in [0.05, 0.1) is 0 Å². The van der Waals surface area contributed by atoms with Crippen LogP contribution in [-0.4, -0.2) is 16.8 Å². The number of carbonyl (C=O) groups excluding carboxylic acids is 1. The van der Waals surface area contributed by atoms with Gasteiger partial charge in [0.25, 0.3) is 0 Å². The lowest BCUT2D eigenvalue weighted by atomic mass is 10.1. The van der Waals surface area contributed by atoms with Gasteiger partial charge in [-0.3, -0.25) is 4.79 Å². The van der Waals surface area contributed by atoms with Gasteiger partial charge in [-0.2, -0.15) is 0 Å². The van der Waals surface area contributed by atoms with Crippen LogP contribution in [0.3, 0.4) is 0 Å². The lowest BCUT2D eigenvalue weighted by Crippen LogP contribution is -2.38. The van der Waals surface area contributed by atoms with Crippen LogP contribution in [0, 0.1) is 0 Å². The van der Waals surface area contributed by atoms with Gasteiger partial charge < -0.3 is 4.90 Å². The van der Waals surface area contributed by atoms with E-state index in [0.29, 0.717) is 12.6 Å². The van der Waals surface area contributed by atoms with Gasteiger partial charge in [0.2, 0.25) is 5.91 Å². The Kier molecular flexibility index (Phi) is 3.55. The summed E-state index contributed by atoms with van der Waals surface area (Å²) in [6, 6.07) is 19.0. The molecule has 2 aromatic rings. The molecule has 0 saturated carbocycles. The normalized spacial score (nSPS) is 14.1. The molecule has 0 bridgehead atoms. The van der Waals surface area contributed by atoms with Gasteiger partial charge in [-0.05, 0) is 29.5 Å². The largest absolute Gasteiger partial charge is 0.335 e.